The van der Waals surface area contributed by atoms with Crippen LogP contribution in [0.1, 0.15) is 15.9 Å². The van der Waals surface area contributed by atoms with Gasteiger partial charge in [0.1, 0.15) is 6.61 Å². The molecule has 1 heterocycles. The van der Waals surface area contributed by atoms with E-state index in [9.17, 15) is 24.6 Å². The van der Waals surface area contributed by atoms with E-state index in [1.165, 1.54) is 42.3 Å². The number of halogens is 1. The average molecular weight is 475 g/mol. The molecule has 9 nitrogen and oxygen atoms in total. The molecule has 2 aromatic carbocycles. The van der Waals surface area contributed by atoms with Crippen molar-refractivity contribution in [2.75, 3.05) is 20.8 Å². The number of hydrogen-bond donors (Lipinski definition) is 0. The number of aromatic carboxylic acids is 1. The number of likely N-dealkylation sites (N-methyl/N-ethyl adjacent to an activating group) is 1. The molecule has 2 aromatic rings. The van der Waals surface area contributed by atoms with Crippen LogP contribution in [0, 0.1) is 0 Å². The van der Waals surface area contributed by atoms with Gasteiger partial charge in [0.25, 0.3) is 5.91 Å². The monoisotopic (exact) mass is 474 g/mol. The van der Waals surface area contributed by atoms with Crippen LogP contribution in [0.3, 0.4) is 0 Å². The molecule has 0 spiro atoms. The summed E-state index contributed by atoms with van der Waals surface area (Å²) < 4.78 is 10.3. The second kappa shape index (κ2) is 9.75. The van der Waals surface area contributed by atoms with Crippen molar-refractivity contribution in [3.8, 4) is 11.5 Å². The molecule has 11 heteroatoms. The minimum atomic E-state index is -1.41. The van der Waals surface area contributed by atoms with E-state index in [0.29, 0.717) is 21.3 Å². The molecule has 1 aliphatic heterocycles. The van der Waals surface area contributed by atoms with Crippen molar-refractivity contribution >= 4 is 58.1 Å². The second-order valence-electron chi connectivity index (χ2n) is 6.40. The van der Waals surface area contributed by atoms with Crippen LogP contribution in [0.4, 0.5) is 5.69 Å². The van der Waals surface area contributed by atoms with Crippen LogP contribution >= 0.6 is 23.4 Å². The maximum atomic E-state index is 12.7. The van der Waals surface area contributed by atoms with Gasteiger partial charge in [0.15, 0.2) is 16.7 Å². The second-order valence-corrected chi connectivity index (χ2v) is 7.82. The van der Waals surface area contributed by atoms with E-state index in [0.717, 1.165) is 11.8 Å². The van der Waals surface area contributed by atoms with Gasteiger partial charge in [-0.25, -0.2) is 4.99 Å². The van der Waals surface area contributed by atoms with Crippen LogP contribution in [0.2, 0.25) is 5.02 Å². The Labute approximate surface area is 191 Å². The van der Waals surface area contributed by atoms with Crippen LogP contribution in [0.5, 0.6) is 11.5 Å². The van der Waals surface area contributed by atoms with E-state index < -0.39 is 18.5 Å². The molecule has 3 rings (SSSR count). The number of amidine groups is 1. The van der Waals surface area contributed by atoms with Crippen molar-refractivity contribution < 1.29 is 34.1 Å². The van der Waals surface area contributed by atoms with E-state index in [1.54, 1.807) is 19.2 Å². The third-order valence-electron chi connectivity index (χ3n) is 4.19. The maximum Gasteiger partial charge on any atom is 0.266 e. The van der Waals surface area contributed by atoms with Gasteiger partial charge in [0.05, 0.1) is 34.7 Å². The Morgan fingerprint density at radius 1 is 1.25 bits per heavy atom. The third-order valence-corrected chi connectivity index (χ3v) is 5.53. The lowest BCUT2D eigenvalue weighted by atomic mass is 10.2. The van der Waals surface area contributed by atoms with Gasteiger partial charge in [-0.05, 0) is 53.2 Å². The number of amides is 1. The Balaban J connectivity index is 1.90. The van der Waals surface area contributed by atoms with Gasteiger partial charge in [0, 0.05) is 7.05 Å². The summed E-state index contributed by atoms with van der Waals surface area (Å²) in [5, 5.41) is 22.1. The predicted molar refractivity (Wildman–Crippen MR) is 115 cm³/mol. The van der Waals surface area contributed by atoms with Gasteiger partial charge in [0.2, 0.25) is 0 Å². The van der Waals surface area contributed by atoms with Gasteiger partial charge < -0.3 is 29.3 Å². The van der Waals surface area contributed by atoms with Gasteiger partial charge in [-0.1, -0.05) is 23.7 Å². The number of benzene rings is 2. The fraction of sp³-hybridized carbons (Fsp3) is 0.143. The summed E-state index contributed by atoms with van der Waals surface area (Å²) in [6.07, 6.45) is 1.57. The number of carboxylic acid groups (broad SMARTS) is 2. The fourth-order valence-electron chi connectivity index (χ4n) is 2.71. The minimum Gasteiger partial charge on any atom is -0.546 e. The molecule has 0 bridgehead atoms. The number of aliphatic carboxylic acids is 1. The topological polar surface area (TPSA) is 131 Å². The highest BCUT2D eigenvalue weighted by atomic mass is 35.5. The van der Waals surface area contributed by atoms with Gasteiger partial charge >= 0.3 is 0 Å². The number of ether oxygens (including phenoxy) is 2. The lowest BCUT2D eigenvalue weighted by molar-refractivity contribution is -0.307. The molecule has 166 valence electrons. The van der Waals surface area contributed by atoms with Crippen LogP contribution in [-0.2, 0) is 9.59 Å². The molecule has 0 aromatic heterocycles. The van der Waals surface area contributed by atoms with E-state index in [1.807, 2.05) is 0 Å². The van der Waals surface area contributed by atoms with Crippen LogP contribution in [-0.4, -0.2) is 48.7 Å². The SMILES string of the molecule is COc1cc(/C=C2\SC(=Nc3cccc(C(=O)[O-])c3)N(C)C2=O)cc(Cl)c1OCC(=O)[O-]. The summed E-state index contributed by atoms with van der Waals surface area (Å²) in [4.78, 5) is 40.4. The van der Waals surface area contributed by atoms with Crippen molar-refractivity contribution in [3.05, 3.63) is 57.5 Å². The molecule has 1 amide bonds. The van der Waals surface area contributed by atoms with E-state index >= 15 is 0 Å². The Kier molecular flexibility index (Phi) is 7.06. The normalized spacial score (nSPS) is 16.0. The van der Waals surface area contributed by atoms with Gasteiger partial charge in [-0.3, -0.25) is 9.69 Å². The largest absolute Gasteiger partial charge is 0.546 e. The highest BCUT2D eigenvalue weighted by molar-refractivity contribution is 8.18. The summed E-state index contributed by atoms with van der Waals surface area (Å²) in [7, 11) is 2.91. The zero-order valence-electron chi connectivity index (χ0n) is 16.8. The molecule has 1 fully saturated rings. The quantitative estimate of drug-likeness (QED) is 0.544. The molecule has 1 saturated heterocycles. The molecular weight excluding hydrogens is 460 g/mol. The molecule has 32 heavy (non-hydrogen) atoms. The Morgan fingerprint density at radius 3 is 2.66 bits per heavy atom. The highest BCUT2D eigenvalue weighted by Gasteiger charge is 2.30. The molecule has 0 atom stereocenters. The van der Waals surface area contributed by atoms with Crippen molar-refractivity contribution in [2.45, 2.75) is 0 Å². The molecule has 0 saturated carbocycles. The lowest BCUT2D eigenvalue weighted by Crippen LogP contribution is -2.29. The smallest absolute Gasteiger partial charge is 0.266 e. The van der Waals surface area contributed by atoms with Crippen LogP contribution in [0.25, 0.3) is 6.08 Å². The van der Waals surface area contributed by atoms with E-state index in [-0.39, 0.29) is 28.0 Å². The zero-order chi connectivity index (χ0) is 23.4. The number of thioether (sulfide) groups is 1. The van der Waals surface area contributed by atoms with E-state index in [2.05, 4.69) is 4.99 Å². The van der Waals surface area contributed by atoms with Crippen molar-refractivity contribution in [2.24, 2.45) is 4.99 Å². The Bertz CT molecular complexity index is 1160. The number of methoxy groups -OCH3 is 1. The summed E-state index contributed by atoms with van der Waals surface area (Å²) in [5.41, 5.74) is 0.841. The number of carboxylic acids is 2. The fourth-order valence-corrected chi connectivity index (χ4v) is 3.97. The van der Waals surface area contributed by atoms with Crippen LogP contribution < -0.4 is 19.7 Å². The number of carbonyl (C=O) groups excluding carboxylic acids is 3. The predicted octanol–water partition coefficient (Wildman–Crippen LogP) is 1.07. The Morgan fingerprint density at radius 2 is 2.00 bits per heavy atom. The maximum absolute atomic E-state index is 12.7. The highest BCUT2D eigenvalue weighted by Crippen LogP contribution is 2.39. The van der Waals surface area contributed by atoms with Gasteiger partial charge in [-0.15, -0.1) is 0 Å². The molecular formula is C21H15ClN2O7S-2. The molecule has 0 radical (unpaired) electrons. The summed E-state index contributed by atoms with van der Waals surface area (Å²) >= 11 is 7.29. The first-order valence-electron chi connectivity index (χ1n) is 8.97. The summed E-state index contributed by atoms with van der Waals surface area (Å²) in [6.45, 7) is -0.700. The van der Waals surface area contributed by atoms with Crippen LogP contribution in [0.15, 0.2) is 46.3 Å². The number of carbonyl (C=O) groups is 3. The van der Waals surface area contributed by atoms with E-state index in [4.69, 9.17) is 21.1 Å². The van der Waals surface area contributed by atoms with Gasteiger partial charge in [-0.2, -0.15) is 0 Å². The minimum absolute atomic E-state index is 0.0256. The molecule has 0 N–H and O–H groups in total. The van der Waals surface area contributed by atoms with Crippen molar-refractivity contribution in [3.63, 3.8) is 0 Å². The first kappa shape index (κ1) is 23.2. The number of aliphatic imine (C=N–C) groups is 1. The number of rotatable bonds is 7. The standard InChI is InChI=1S/C21H17ClN2O7S/c1-24-19(27)16(32-21(24)23-13-5-3-4-12(9-13)20(28)29)8-11-6-14(22)18(15(7-11)30-2)31-10-17(25)26/h3-9H,10H2,1-2H3,(H,25,26)(H,28,29)/p-2/b16-8-,23-21?. The molecule has 1 aliphatic rings. The first-order valence-corrected chi connectivity index (χ1v) is 10.2. The summed E-state index contributed by atoms with van der Waals surface area (Å²) in [5.74, 6) is -2.84. The number of nitrogens with zero attached hydrogens (tertiary/aromatic N) is 2. The molecule has 0 unspecified atom stereocenters. The first-order chi connectivity index (χ1) is 15.2. The number of hydrogen-bond acceptors (Lipinski definition) is 9. The third kappa shape index (κ3) is 5.21. The molecule has 0 aliphatic carbocycles. The Hall–Kier alpha value is -3.50. The van der Waals surface area contributed by atoms with Crippen molar-refractivity contribution in [1.29, 1.82) is 0 Å². The van der Waals surface area contributed by atoms with Crippen molar-refractivity contribution in [1.82, 2.24) is 4.90 Å². The lowest BCUT2D eigenvalue weighted by Gasteiger charge is -2.13. The average Bonchev–Trinajstić information content (AvgIpc) is 3.00. The zero-order valence-corrected chi connectivity index (χ0v) is 18.4. The summed E-state index contributed by atoms with van der Waals surface area (Å²) in [6, 6.07) is 8.90.